The lowest BCUT2D eigenvalue weighted by molar-refractivity contribution is 0.183. The van der Waals surface area contributed by atoms with Gasteiger partial charge in [-0.15, -0.1) is 0 Å². The van der Waals surface area contributed by atoms with Gasteiger partial charge in [-0.2, -0.15) is 5.10 Å². The molecule has 0 spiro atoms. The molecule has 1 saturated carbocycles. The second-order valence-corrected chi connectivity index (χ2v) is 12.4. The van der Waals surface area contributed by atoms with E-state index in [0.29, 0.717) is 28.8 Å². The molecule has 5 rings (SSSR count). The number of hydrogen-bond acceptors (Lipinski definition) is 5. The number of rotatable bonds is 6. The van der Waals surface area contributed by atoms with Crippen LogP contribution in [0.4, 0.5) is 16.4 Å². The molecule has 2 fully saturated rings. The fourth-order valence-electron chi connectivity index (χ4n) is 6.11. The number of amides is 2. The van der Waals surface area contributed by atoms with Gasteiger partial charge in [-0.25, -0.2) is 9.78 Å². The van der Waals surface area contributed by atoms with Crippen molar-refractivity contribution >= 4 is 28.7 Å². The number of hydrogen-bond donors (Lipinski definition) is 2. The minimum absolute atomic E-state index is 0.0403. The van der Waals surface area contributed by atoms with Crippen molar-refractivity contribution in [3.05, 3.63) is 46.4 Å². The number of aryl methyl sites for hydroxylation is 1. The molecule has 3 aromatic rings. The van der Waals surface area contributed by atoms with Crippen LogP contribution in [0.3, 0.4) is 0 Å². The summed E-state index contributed by atoms with van der Waals surface area (Å²) in [7, 11) is 1.82. The molecule has 3 heterocycles. The number of aromatic amines is 1. The first-order valence-corrected chi connectivity index (χ1v) is 14.5. The highest BCUT2D eigenvalue weighted by atomic mass is 16.2. The average Bonchev–Trinajstić information content (AvgIpc) is 3.27. The number of piperidine rings is 1. The minimum Gasteiger partial charge on any atom is -0.342 e. The van der Waals surface area contributed by atoms with E-state index in [2.05, 4.69) is 41.1 Å². The second kappa shape index (κ2) is 11.4. The molecule has 210 valence electrons. The molecule has 1 aliphatic carbocycles. The largest absolute Gasteiger partial charge is 0.342 e. The summed E-state index contributed by atoms with van der Waals surface area (Å²) in [5, 5.41) is 7.69. The van der Waals surface area contributed by atoms with Crippen molar-refractivity contribution in [3.8, 4) is 0 Å². The fraction of sp³-hybridized carbons (Fsp3) is 0.600. The topological polar surface area (TPSA) is 99.2 Å². The second-order valence-electron chi connectivity index (χ2n) is 12.4. The number of fused-ring (bicyclic) bond motifs is 1. The van der Waals surface area contributed by atoms with Crippen molar-refractivity contribution in [3.63, 3.8) is 0 Å². The first-order chi connectivity index (χ1) is 18.7. The third-order valence-electron chi connectivity index (χ3n) is 8.30. The van der Waals surface area contributed by atoms with Crippen LogP contribution in [0, 0.1) is 11.8 Å². The predicted molar refractivity (Wildman–Crippen MR) is 156 cm³/mol. The van der Waals surface area contributed by atoms with Crippen LogP contribution in [0.5, 0.6) is 0 Å². The molecule has 0 radical (unpaired) electrons. The first kappa shape index (κ1) is 27.2. The number of likely N-dealkylation sites (tertiary alicyclic amines) is 1. The lowest BCUT2D eigenvalue weighted by Crippen LogP contribution is -2.44. The summed E-state index contributed by atoms with van der Waals surface area (Å²) in [5.41, 5.74) is 2.53. The van der Waals surface area contributed by atoms with Crippen LogP contribution in [0.15, 0.2) is 35.1 Å². The van der Waals surface area contributed by atoms with Crippen LogP contribution < -0.4 is 15.8 Å². The normalized spacial score (nSPS) is 17.5. The quantitative estimate of drug-likeness (QED) is 0.449. The highest BCUT2D eigenvalue weighted by Gasteiger charge is 2.29. The van der Waals surface area contributed by atoms with Crippen molar-refractivity contribution in [2.45, 2.75) is 71.1 Å². The van der Waals surface area contributed by atoms with E-state index in [1.54, 1.807) is 4.68 Å². The number of carbonyl (C=O) groups excluding carboxylic acids is 1. The van der Waals surface area contributed by atoms with Crippen molar-refractivity contribution in [2.24, 2.45) is 18.9 Å². The Morgan fingerprint density at radius 1 is 1.03 bits per heavy atom. The van der Waals surface area contributed by atoms with Gasteiger partial charge in [0, 0.05) is 44.3 Å². The van der Waals surface area contributed by atoms with Crippen LogP contribution in [0.25, 0.3) is 11.0 Å². The number of anilines is 2. The summed E-state index contributed by atoms with van der Waals surface area (Å²) < 4.78 is 1.66. The number of nitrogens with one attached hydrogen (secondary N) is 2. The third kappa shape index (κ3) is 6.28. The van der Waals surface area contributed by atoms with Gasteiger partial charge in [0.15, 0.2) is 5.52 Å². The molecule has 1 aromatic carbocycles. The van der Waals surface area contributed by atoms with Gasteiger partial charge in [0.2, 0.25) is 5.95 Å². The van der Waals surface area contributed by atoms with Gasteiger partial charge >= 0.3 is 6.03 Å². The van der Waals surface area contributed by atoms with E-state index in [4.69, 9.17) is 4.98 Å². The summed E-state index contributed by atoms with van der Waals surface area (Å²) in [6.45, 7) is 9.50. The Balaban J connectivity index is 1.34. The standard InChI is InChI=1S/C30H43N7O2/c1-30(2,3)26-24-25(35(4)34-26)27(38)33-28(32-24)37(19-21-11-7-5-8-12-21)20-22-15-17-36(18-16-22)29(39)31-23-13-9-6-10-14-23/h6,9-10,13-14,21-22H,5,7-8,11-12,15-20H2,1-4H3,(H,31,39)(H,32,33,38). The number of H-pyrrole nitrogens is 1. The van der Waals surface area contributed by atoms with Gasteiger partial charge in [-0.05, 0) is 49.7 Å². The highest BCUT2D eigenvalue weighted by Crippen LogP contribution is 2.30. The van der Waals surface area contributed by atoms with Crippen LogP contribution in [0.1, 0.15) is 71.4 Å². The van der Waals surface area contributed by atoms with E-state index in [1.165, 1.54) is 32.1 Å². The van der Waals surface area contributed by atoms with Gasteiger partial charge < -0.3 is 15.1 Å². The number of benzene rings is 1. The molecule has 0 bridgehead atoms. The molecule has 0 atom stereocenters. The van der Waals surface area contributed by atoms with E-state index >= 15 is 0 Å². The zero-order valence-corrected chi connectivity index (χ0v) is 23.9. The Morgan fingerprint density at radius 3 is 2.31 bits per heavy atom. The molecular weight excluding hydrogens is 490 g/mol. The molecule has 1 saturated heterocycles. The van der Waals surface area contributed by atoms with Crippen LogP contribution in [0.2, 0.25) is 0 Å². The zero-order chi connectivity index (χ0) is 27.6. The molecule has 2 N–H and O–H groups in total. The Morgan fingerprint density at radius 2 is 1.67 bits per heavy atom. The van der Waals surface area contributed by atoms with Gasteiger partial charge in [-0.3, -0.25) is 14.5 Å². The number of nitrogens with zero attached hydrogens (tertiary/aromatic N) is 5. The van der Waals surface area contributed by atoms with E-state index < -0.39 is 0 Å². The van der Waals surface area contributed by atoms with Gasteiger partial charge in [-0.1, -0.05) is 58.2 Å². The molecule has 1 aliphatic heterocycles. The zero-order valence-electron chi connectivity index (χ0n) is 23.9. The number of carbonyl (C=O) groups is 1. The van der Waals surface area contributed by atoms with Crippen LogP contribution in [-0.4, -0.2) is 56.9 Å². The maximum absolute atomic E-state index is 13.3. The molecule has 2 amide bonds. The Bertz CT molecular complexity index is 1330. The van der Waals surface area contributed by atoms with Gasteiger partial charge in [0.05, 0.1) is 5.69 Å². The lowest BCUT2D eigenvalue weighted by Gasteiger charge is -2.36. The summed E-state index contributed by atoms with van der Waals surface area (Å²) in [6, 6.07) is 9.57. The summed E-state index contributed by atoms with van der Waals surface area (Å²) >= 11 is 0. The molecular formula is C30H43N7O2. The number of para-hydroxylation sites is 1. The lowest BCUT2D eigenvalue weighted by atomic mass is 9.88. The SMILES string of the molecule is Cn1nc(C(C)(C)C)c2nc(N(CC3CCCCC3)CC3CCN(C(=O)Nc4ccccc4)CC3)[nH]c(=O)c21. The van der Waals surface area contributed by atoms with Crippen molar-refractivity contribution in [2.75, 3.05) is 36.4 Å². The fourth-order valence-corrected chi connectivity index (χ4v) is 6.11. The Kier molecular flexibility index (Phi) is 7.96. The Labute approximate surface area is 231 Å². The van der Waals surface area contributed by atoms with Crippen molar-refractivity contribution in [1.29, 1.82) is 0 Å². The maximum atomic E-state index is 13.3. The van der Waals surface area contributed by atoms with E-state index in [9.17, 15) is 9.59 Å². The molecule has 39 heavy (non-hydrogen) atoms. The first-order valence-electron chi connectivity index (χ1n) is 14.5. The minimum atomic E-state index is -0.223. The van der Waals surface area contributed by atoms with E-state index in [1.807, 2.05) is 42.3 Å². The third-order valence-corrected chi connectivity index (χ3v) is 8.30. The average molecular weight is 534 g/mol. The highest BCUT2D eigenvalue weighted by molar-refractivity contribution is 5.89. The monoisotopic (exact) mass is 533 g/mol. The number of aromatic nitrogens is 4. The van der Waals surface area contributed by atoms with Gasteiger partial charge in [0.1, 0.15) is 5.52 Å². The summed E-state index contributed by atoms with van der Waals surface area (Å²) in [5.74, 6) is 1.68. The summed E-state index contributed by atoms with van der Waals surface area (Å²) in [4.78, 5) is 38.5. The van der Waals surface area contributed by atoms with Crippen LogP contribution in [-0.2, 0) is 12.5 Å². The molecule has 2 aliphatic rings. The molecule has 2 aromatic heterocycles. The number of urea groups is 1. The smallest absolute Gasteiger partial charge is 0.321 e. The summed E-state index contributed by atoms with van der Waals surface area (Å²) in [6.07, 6.45) is 8.15. The Hall–Kier alpha value is -3.36. The van der Waals surface area contributed by atoms with Crippen molar-refractivity contribution < 1.29 is 4.79 Å². The van der Waals surface area contributed by atoms with Gasteiger partial charge in [0.25, 0.3) is 5.56 Å². The van der Waals surface area contributed by atoms with E-state index in [0.717, 1.165) is 50.4 Å². The molecule has 9 heteroatoms. The van der Waals surface area contributed by atoms with E-state index in [-0.39, 0.29) is 17.0 Å². The van der Waals surface area contributed by atoms with Crippen LogP contribution >= 0.6 is 0 Å². The molecule has 0 unspecified atom stereocenters. The maximum Gasteiger partial charge on any atom is 0.321 e. The predicted octanol–water partition coefficient (Wildman–Crippen LogP) is 5.28. The van der Waals surface area contributed by atoms with Crippen molar-refractivity contribution in [1.82, 2.24) is 24.6 Å². The molecule has 9 nitrogen and oxygen atoms in total.